The van der Waals surface area contributed by atoms with E-state index in [4.69, 9.17) is 21.1 Å². The van der Waals surface area contributed by atoms with Gasteiger partial charge in [0.2, 0.25) is 0 Å². The zero-order valence-corrected chi connectivity index (χ0v) is 13.3. The first-order valence-electron chi connectivity index (χ1n) is 6.94. The summed E-state index contributed by atoms with van der Waals surface area (Å²) in [4.78, 5) is 2.07. The SMILES string of the molecule is CCOC1CC(Nc2cc(Cl)ccc2N(C)C)C1OC. The molecule has 5 heteroatoms. The second kappa shape index (κ2) is 6.66. The first-order chi connectivity index (χ1) is 9.56. The lowest BCUT2D eigenvalue weighted by Gasteiger charge is -2.44. The molecule has 1 aliphatic rings. The molecule has 1 aromatic carbocycles. The first kappa shape index (κ1) is 15.4. The fourth-order valence-corrected chi connectivity index (χ4v) is 2.80. The molecule has 20 heavy (non-hydrogen) atoms. The normalized spacial score (nSPS) is 25.1. The van der Waals surface area contributed by atoms with E-state index < -0.39 is 0 Å². The molecule has 0 aliphatic heterocycles. The van der Waals surface area contributed by atoms with Crippen LogP contribution in [0.15, 0.2) is 18.2 Å². The standard InChI is InChI=1S/C15H23ClN2O2/c1-5-20-14-9-12(15(14)19-4)17-11-8-10(16)6-7-13(11)18(2)3/h6-8,12,14-15,17H,5,9H2,1-4H3. The molecular weight excluding hydrogens is 276 g/mol. The highest BCUT2D eigenvalue weighted by Crippen LogP contribution is 2.34. The number of benzene rings is 1. The Hall–Kier alpha value is -0.970. The summed E-state index contributed by atoms with van der Waals surface area (Å²) >= 11 is 6.10. The largest absolute Gasteiger partial charge is 0.378 e. The van der Waals surface area contributed by atoms with E-state index >= 15 is 0 Å². The van der Waals surface area contributed by atoms with Crippen LogP contribution in [0.5, 0.6) is 0 Å². The Labute approximate surface area is 126 Å². The van der Waals surface area contributed by atoms with E-state index in [2.05, 4.69) is 10.2 Å². The molecule has 4 nitrogen and oxygen atoms in total. The number of anilines is 2. The first-order valence-corrected chi connectivity index (χ1v) is 7.32. The number of hydrogen-bond donors (Lipinski definition) is 1. The minimum atomic E-state index is 0.0870. The molecule has 1 fully saturated rings. The van der Waals surface area contributed by atoms with Gasteiger partial charge < -0.3 is 19.7 Å². The molecule has 1 N–H and O–H groups in total. The number of nitrogens with one attached hydrogen (secondary N) is 1. The van der Waals surface area contributed by atoms with Gasteiger partial charge in [-0.3, -0.25) is 0 Å². The Morgan fingerprint density at radius 3 is 2.75 bits per heavy atom. The number of methoxy groups -OCH3 is 1. The second-order valence-corrected chi connectivity index (χ2v) is 5.67. The maximum absolute atomic E-state index is 6.10. The van der Waals surface area contributed by atoms with Crippen LogP contribution in [0.2, 0.25) is 5.02 Å². The molecule has 1 saturated carbocycles. The van der Waals surface area contributed by atoms with Gasteiger partial charge in [0, 0.05) is 32.8 Å². The Balaban J connectivity index is 2.09. The van der Waals surface area contributed by atoms with Crippen molar-refractivity contribution in [1.29, 1.82) is 0 Å². The summed E-state index contributed by atoms with van der Waals surface area (Å²) < 4.78 is 11.2. The number of ether oxygens (including phenoxy) is 2. The predicted octanol–water partition coefficient (Wildman–Crippen LogP) is 3.01. The third-order valence-electron chi connectivity index (χ3n) is 3.68. The van der Waals surface area contributed by atoms with E-state index in [9.17, 15) is 0 Å². The third kappa shape index (κ3) is 3.19. The monoisotopic (exact) mass is 298 g/mol. The predicted molar refractivity (Wildman–Crippen MR) is 84.0 cm³/mol. The summed E-state index contributed by atoms with van der Waals surface area (Å²) in [5, 5.41) is 4.26. The van der Waals surface area contributed by atoms with E-state index in [1.165, 1.54) is 0 Å². The molecule has 0 aromatic heterocycles. The van der Waals surface area contributed by atoms with Crippen molar-refractivity contribution in [2.24, 2.45) is 0 Å². The number of halogens is 1. The van der Waals surface area contributed by atoms with Gasteiger partial charge in [-0.2, -0.15) is 0 Å². The van der Waals surface area contributed by atoms with Crippen LogP contribution in [0.1, 0.15) is 13.3 Å². The molecule has 0 bridgehead atoms. The number of hydrogen-bond acceptors (Lipinski definition) is 4. The Morgan fingerprint density at radius 1 is 1.40 bits per heavy atom. The van der Waals surface area contributed by atoms with Crippen LogP contribution in [-0.2, 0) is 9.47 Å². The van der Waals surface area contributed by atoms with Gasteiger partial charge >= 0.3 is 0 Å². The van der Waals surface area contributed by atoms with E-state index in [-0.39, 0.29) is 18.2 Å². The van der Waals surface area contributed by atoms with Crippen molar-refractivity contribution in [2.75, 3.05) is 38.0 Å². The van der Waals surface area contributed by atoms with Crippen LogP contribution in [0.4, 0.5) is 11.4 Å². The van der Waals surface area contributed by atoms with Gasteiger partial charge in [-0.1, -0.05) is 11.6 Å². The molecule has 2 rings (SSSR count). The van der Waals surface area contributed by atoms with Gasteiger partial charge in [-0.25, -0.2) is 0 Å². The minimum absolute atomic E-state index is 0.0870. The highest BCUT2D eigenvalue weighted by molar-refractivity contribution is 6.31. The molecule has 0 radical (unpaired) electrons. The van der Waals surface area contributed by atoms with Crippen molar-refractivity contribution < 1.29 is 9.47 Å². The van der Waals surface area contributed by atoms with Crippen LogP contribution < -0.4 is 10.2 Å². The lowest BCUT2D eigenvalue weighted by Crippen LogP contribution is -2.56. The summed E-state index contributed by atoms with van der Waals surface area (Å²) in [6.45, 7) is 2.73. The van der Waals surface area contributed by atoms with Crippen molar-refractivity contribution >= 4 is 23.0 Å². The van der Waals surface area contributed by atoms with Gasteiger partial charge in [0.1, 0.15) is 6.10 Å². The molecule has 3 unspecified atom stereocenters. The fraction of sp³-hybridized carbons (Fsp3) is 0.600. The van der Waals surface area contributed by atoms with Crippen molar-refractivity contribution in [2.45, 2.75) is 31.6 Å². The average Bonchev–Trinajstić information content (AvgIpc) is 2.37. The van der Waals surface area contributed by atoms with Gasteiger partial charge in [0.25, 0.3) is 0 Å². The molecule has 1 aliphatic carbocycles. The summed E-state index contributed by atoms with van der Waals surface area (Å²) in [7, 11) is 5.77. The maximum atomic E-state index is 6.10. The van der Waals surface area contributed by atoms with Crippen LogP contribution in [0, 0.1) is 0 Å². The zero-order chi connectivity index (χ0) is 14.7. The molecule has 3 atom stereocenters. The van der Waals surface area contributed by atoms with Crippen LogP contribution in [-0.4, -0.2) is 46.1 Å². The highest BCUT2D eigenvalue weighted by atomic mass is 35.5. The zero-order valence-electron chi connectivity index (χ0n) is 12.5. The highest BCUT2D eigenvalue weighted by Gasteiger charge is 2.42. The summed E-state index contributed by atoms with van der Waals surface area (Å²) in [6, 6.07) is 6.14. The second-order valence-electron chi connectivity index (χ2n) is 5.24. The van der Waals surface area contributed by atoms with Crippen molar-refractivity contribution in [1.82, 2.24) is 0 Å². The van der Waals surface area contributed by atoms with Crippen molar-refractivity contribution in [3.05, 3.63) is 23.2 Å². The Kier molecular flexibility index (Phi) is 5.13. The topological polar surface area (TPSA) is 33.7 Å². The van der Waals surface area contributed by atoms with Gasteiger partial charge in [0.15, 0.2) is 0 Å². The third-order valence-corrected chi connectivity index (χ3v) is 3.92. The van der Waals surface area contributed by atoms with E-state index in [0.717, 1.165) is 29.4 Å². The average molecular weight is 299 g/mol. The molecule has 0 heterocycles. The Morgan fingerprint density at radius 2 is 2.15 bits per heavy atom. The molecular formula is C15H23ClN2O2. The molecule has 1 aromatic rings. The van der Waals surface area contributed by atoms with E-state index in [1.807, 2.05) is 39.2 Å². The number of rotatable bonds is 6. The van der Waals surface area contributed by atoms with Crippen LogP contribution >= 0.6 is 11.6 Å². The van der Waals surface area contributed by atoms with Crippen LogP contribution in [0.25, 0.3) is 0 Å². The minimum Gasteiger partial charge on any atom is -0.378 e. The summed E-state index contributed by atoms with van der Waals surface area (Å²) in [5.41, 5.74) is 2.15. The summed E-state index contributed by atoms with van der Waals surface area (Å²) in [5.74, 6) is 0. The Bertz CT molecular complexity index is 453. The van der Waals surface area contributed by atoms with Gasteiger partial charge in [-0.05, 0) is 31.5 Å². The lowest BCUT2D eigenvalue weighted by molar-refractivity contribution is -0.118. The molecule has 112 valence electrons. The van der Waals surface area contributed by atoms with E-state index in [1.54, 1.807) is 7.11 Å². The lowest BCUT2D eigenvalue weighted by atomic mass is 9.85. The van der Waals surface area contributed by atoms with E-state index in [0.29, 0.717) is 0 Å². The number of nitrogens with zero attached hydrogens (tertiary/aromatic N) is 1. The molecule has 0 spiro atoms. The van der Waals surface area contributed by atoms with Gasteiger partial charge in [-0.15, -0.1) is 0 Å². The smallest absolute Gasteiger partial charge is 0.103 e. The molecule has 0 saturated heterocycles. The maximum Gasteiger partial charge on any atom is 0.103 e. The van der Waals surface area contributed by atoms with Crippen molar-refractivity contribution in [3.63, 3.8) is 0 Å². The van der Waals surface area contributed by atoms with Crippen LogP contribution in [0.3, 0.4) is 0 Å². The van der Waals surface area contributed by atoms with Crippen molar-refractivity contribution in [3.8, 4) is 0 Å². The summed E-state index contributed by atoms with van der Waals surface area (Å²) in [6.07, 6.45) is 1.22. The van der Waals surface area contributed by atoms with Gasteiger partial charge in [0.05, 0.1) is 23.5 Å². The fourth-order valence-electron chi connectivity index (χ4n) is 2.63. The molecule has 0 amide bonds. The quantitative estimate of drug-likeness (QED) is 0.875.